The van der Waals surface area contributed by atoms with E-state index in [1.165, 1.54) is 0 Å². The van der Waals surface area contributed by atoms with Crippen LogP contribution < -0.4 is 11.1 Å². The van der Waals surface area contributed by atoms with Crippen molar-refractivity contribution in [3.05, 3.63) is 36.5 Å². The third-order valence-electron chi connectivity index (χ3n) is 3.71. The van der Waals surface area contributed by atoms with Crippen molar-refractivity contribution in [2.75, 3.05) is 5.32 Å². The van der Waals surface area contributed by atoms with E-state index in [0.717, 1.165) is 35.9 Å². The summed E-state index contributed by atoms with van der Waals surface area (Å²) in [6.07, 6.45) is 4.39. The number of pyridine rings is 1. The third kappa shape index (κ3) is 2.58. The van der Waals surface area contributed by atoms with Crippen LogP contribution in [0.3, 0.4) is 0 Å². The number of fused-ring (bicyclic) bond motifs is 1. The predicted molar refractivity (Wildman–Crippen MR) is 75.7 cm³/mol. The van der Waals surface area contributed by atoms with Gasteiger partial charge in [0.1, 0.15) is 0 Å². The van der Waals surface area contributed by atoms with E-state index in [4.69, 9.17) is 5.73 Å². The zero-order valence-corrected chi connectivity index (χ0v) is 10.7. The average molecular weight is 255 g/mol. The first kappa shape index (κ1) is 12.1. The summed E-state index contributed by atoms with van der Waals surface area (Å²) in [6.45, 7) is 0. The summed E-state index contributed by atoms with van der Waals surface area (Å²) >= 11 is 0. The molecule has 2 unspecified atom stereocenters. The second kappa shape index (κ2) is 4.97. The zero-order chi connectivity index (χ0) is 13.2. The van der Waals surface area contributed by atoms with E-state index in [9.17, 15) is 4.79 Å². The number of aromatic nitrogens is 1. The van der Waals surface area contributed by atoms with Crippen molar-refractivity contribution in [2.45, 2.75) is 25.3 Å². The maximum absolute atomic E-state index is 12.1. The molecule has 0 spiro atoms. The molecule has 1 aromatic heterocycles. The monoisotopic (exact) mass is 255 g/mol. The molecule has 1 fully saturated rings. The summed E-state index contributed by atoms with van der Waals surface area (Å²) in [5.74, 6) is 0.135. The van der Waals surface area contributed by atoms with Gasteiger partial charge in [-0.25, -0.2) is 0 Å². The number of amides is 1. The Morgan fingerprint density at radius 1 is 1.32 bits per heavy atom. The number of benzene rings is 1. The lowest BCUT2D eigenvalue weighted by Crippen LogP contribution is -2.23. The van der Waals surface area contributed by atoms with Gasteiger partial charge in [0.25, 0.3) is 0 Å². The second-order valence-corrected chi connectivity index (χ2v) is 5.17. The number of rotatable bonds is 2. The Labute approximate surface area is 112 Å². The van der Waals surface area contributed by atoms with Crippen LogP contribution in [0.15, 0.2) is 36.5 Å². The largest absolute Gasteiger partial charge is 0.328 e. The van der Waals surface area contributed by atoms with Crippen LogP contribution in [-0.4, -0.2) is 16.9 Å². The van der Waals surface area contributed by atoms with Crippen molar-refractivity contribution >= 4 is 22.5 Å². The van der Waals surface area contributed by atoms with Crippen molar-refractivity contribution in [1.29, 1.82) is 0 Å². The molecule has 3 N–H and O–H groups in total. The van der Waals surface area contributed by atoms with Gasteiger partial charge in [-0.15, -0.1) is 0 Å². The number of nitrogens with two attached hydrogens (primary N) is 1. The highest BCUT2D eigenvalue weighted by molar-refractivity contribution is 5.95. The Morgan fingerprint density at radius 2 is 2.21 bits per heavy atom. The summed E-state index contributed by atoms with van der Waals surface area (Å²) in [5.41, 5.74) is 7.60. The molecule has 1 aliphatic rings. The second-order valence-electron chi connectivity index (χ2n) is 5.17. The van der Waals surface area contributed by atoms with Crippen molar-refractivity contribution in [1.82, 2.24) is 4.98 Å². The van der Waals surface area contributed by atoms with Crippen LogP contribution in [0.4, 0.5) is 5.69 Å². The average Bonchev–Trinajstić information content (AvgIpc) is 2.85. The van der Waals surface area contributed by atoms with E-state index in [1.807, 2.05) is 30.3 Å². The van der Waals surface area contributed by atoms with Crippen molar-refractivity contribution < 1.29 is 4.79 Å². The molecule has 0 aliphatic heterocycles. The standard InChI is InChI=1S/C15H17N3O/c16-12-4-3-11(8-12)15(19)18-13-5-6-14-10(9-13)2-1-7-17-14/h1-2,5-7,9,11-12H,3-4,8,16H2,(H,18,19). The minimum atomic E-state index is 0.0552. The lowest BCUT2D eigenvalue weighted by Gasteiger charge is -2.11. The molecule has 98 valence electrons. The Kier molecular flexibility index (Phi) is 3.17. The molecule has 1 saturated carbocycles. The number of anilines is 1. The van der Waals surface area contributed by atoms with Crippen molar-refractivity contribution in [2.24, 2.45) is 11.7 Å². The Morgan fingerprint density at radius 3 is 3.00 bits per heavy atom. The van der Waals surface area contributed by atoms with E-state index in [2.05, 4.69) is 10.3 Å². The fourth-order valence-corrected chi connectivity index (χ4v) is 2.65. The molecule has 4 nitrogen and oxygen atoms in total. The first-order valence-electron chi connectivity index (χ1n) is 6.63. The molecule has 0 bridgehead atoms. The van der Waals surface area contributed by atoms with Gasteiger partial charge >= 0.3 is 0 Å². The first-order valence-corrected chi connectivity index (χ1v) is 6.63. The smallest absolute Gasteiger partial charge is 0.227 e. The molecule has 1 heterocycles. The van der Waals surface area contributed by atoms with Crippen LogP contribution in [0.25, 0.3) is 10.9 Å². The molecule has 2 atom stereocenters. The van der Waals surface area contributed by atoms with Gasteiger partial charge in [-0.2, -0.15) is 0 Å². The number of carbonyl (C=O) groups is 1. The minimum absolute atomic E-state index is 0.0552. The van der Waals surface area contributed by atoms with Gasteiger partial charge in [-0.1, -0.05) is 6.07 Å². The molecule has 3 rings (SSSR count). The minimum Gasteiger partial charge on any atom is -0.328 e. The summed E-state index contributed by atoms with van der Waals surface area (Å²) in [4.78, 5) is 16.4. The maximum Gasteiger partial charge on any atom is 0.227 e. The van der Waals surface area contributed by atoms with Gasteiger partial charge in [0.05, 0.1) is 5.52 Å². The molecule has 0 saturated heterocycles. The third-order valence-corrected chi connectivity index (χ3v) is 3.71. The molecule has 2 aromatic rings. The molecular formula is C15H17N3O. The van der Waals surface area contributed by atoms with Gasteiger partial charge in [0.2, 0.25) is 5.91 Å². The quantitative estimate of drug-likeness (QED) is 0.865. The van der Waals surface area contributed by atoms with E-state index in [1.54, 1.807) is 6.20 Å². The number of nitrogens with zero attached hydrogens (tertiary/aromatic N) is 1. The highest BCUT2D eigenvalue weighted by Gasteiger charge is 2.27. The van der Waals surface area contributed by atoms with Crippen LogP contribution in [0.1, 0.15) is 19.3 Å². The van der Waals surface area contributed by atoms with E-state index in [-0.39, 0.29) is 17.9 Å². The fraction of sp³-hybridized carbons (Fsp3) is 0.333. The number of carbonyl (C=O) groups excluding carboxylic acids is 1. The van der Waals surface area contributed by atoms with E-state index >= 15 is 0 Å². The molecule has 4 heteroatoms. The normalized spacial score (nSPS) is 22.6. The van der Waals surface area contributed by atoms with Gasteiger partial charge in [0, 0.05) is 29.2 Å². The van der Waals surface area contributed by atoms with Crippen LogP contribution in [0.5, 0.6) is 0 Å². The van der Waals surface area contributed by atoms with Crippen LogP contribution in [0.2, 0.25) is 0 Å². The highest BCUT2D eigenvalue weighted by Crippen LogP contribution is 2.26. The Balaban J connectivity index is 1.76. The highest BCUT2D eigenvalue weighted by atomic mass is 16.1. The van der Waals surface area contributed by atoms with Crippen LogP contribution in [-0.2, 0) is 4.79 Å². The van der Waals surface area contributed by atoms with Crippen LogP contribution in [0, 0.1) is 5.92 Å². The van der Waals surface area contributed by atoms with Crippen molar-refractivity contribution in [3.8, 4) is 0 Å². The summed E-state index contributed by atoms with van der Waals surface area (Å²) in [5, 5.41) is 4.01. The van der Waals surface area contributed by atoms with Gasteiger partial charge < -0.3 is 11.1 Å². The first-order chi connectivity index (χ1) is 9.22. The fourth-order valence-electron chi connectivity index (χ4n) is 2.65. The number of hydrogen-bond acceptors (Lipinski definition) is 3. The molecular weight excluding hydrogens is 238 g/mol. The molecule has 1 aliphatic carbocycles. The molecule has 0 radical (unpaired) electrons. The number of nitrogens with one attached hydrogen (secondary N) is 1. The maximum atomic E-state index is 12.1. The Bertz CT molecular complexity index is 611. The van der Waals surface area contributed by atoms with E-state index < -0.39 is 0 Å². The van der Waals surface area contributed by atoms with Crippen LogP contribution >= 0.6 is 0 Å². The summed E-state index contributed by atoms with van der Waals surface area (Å²) in [6, 6.07) is 9.83. The SMILES string of the molecule is NC1CCC(C(=O)Nc2ccc3ncccc3c2)C1. The lowest BCUT2D eigenvalue weighted by molar-refractivity contribution is -0.119. The number of hydrogen-bond donors (Lipinski definition) is 2. The summed E-state index contributed by atoms with van der Waals surface area (Å²) in [7, 11) is 0. The molecule has 1 amide bonds. The van der Waals surface area contributed by atoms with Gasteiger partial charge in [-0.3, -0.25) is 9.78 Å². The molecule has 19 heavy (non-hydrogen) atoms. The Hall–Kier alpha value is -1.94. The van der Waals surface area contributed by atoms with Crippen molar-refractivity contribution in [3.63, 3.8) is 0 Å². The summed E-state index contributed by atoms with van der Waals surface area (Å²) < 4.78 is 0. The van der Waals surface area contributed by atoms with Gasteiger partial charge in [0.15, 0.2) is 0 Å². The lowest BCUT2D eigenvalue weighted by atomic mass is 10.1. The zero-order valence-electron chi connectivity index (χ0n) is 10.7. The topological polar surface area (TPSA) is 68.0 Å². The van der Waals surface area contributed by atoms with Gasteiger partial charge in [-0.05, 0) is 43.5 Å². The molecule has 1 aromatic carbocycles. The van der Waals surface area contributed by atoms with E-state index in [0.29, 0.717) is 0 Å². The predicted octanol–water partition coefficient (Wildman–Crippen LogP) is 2.30.